The summed E-state index contributed by atoms with van der Waals surface area (Å²) in [5, 5.41) is 11.5. The van der Waals surface area contributed by atoms with E-state index in [0.717, 1.165) is 25.0 Å². The number of hydrogen-bond acceptors (Lipinski definition) is 6. The SMILES string of the molecule is C=C(CCc1ccc(F)c(F)c1)OC(=NC)c1c(O)c(-c2c(OC)cccc2OC)c(CCCC)[nH]c1=O. The molecule has 0 bridgehead atoms. The van der Waals surface area contributed by atoms with Crippen LogP contribution in [0.5, 0.6) is 17.2 Å². The number of H-pyrrole nitrogens is 1. The molecule has 202 valence electrons. The number of unbranched alkanes of at least 4 members (excludes halogenated alkanes) is 1. The highest BCUT2D eigenvalue weighted by Crippen LogP contribution is 2.44. The molecule has 0 aliphatic carbocycles. The summed E-state index contributed by atoms with van der Waals surface area (Å²) in [7, 11) is 4.44. The average molecular weight is 527 g/mol. The molecule has 1 heterocycles. The normalized spacial score (nSPS) is 11.4. The Morgan fingerprint density at radius 3 is 2.32 bits per heavy atom. The van der Waals surface area contributed by atoms with Crippen LogP contribution in [0.4, 0.5) is 8.78 Å². The molecule has 3 rings (SSSR count). The zero-order valence-electron chi connectivity index (χ0n) is 22.0. The van der Waals surface area contributed by atoms with E-state index in [1.165, 1.54) is 27.3 Å². The maximum atomic E-state index is 13.5. The van der Waals surface area contributed by atoms with Crippen LogP contribution in [0.15, 0.2) is 58.5 Å². The number of nitrogens with zero attached hydrogens (tertiary/aromatic N) is 1. The second-order valence-corrected chi connectivity index (χ2v) is 8.59. The predicted octanol–water partition coefficient (Wildman–Crippen LogP) is 5.93. The summed E-state index contributed by atoms with van der Waals surface area (Å²) in [6.07, 6.45) is 2.69. The highest BCUT2D eigenvalue weighted by Gasteiger charge is 2.27. The highest BCUT2D eigenvalue weighted by atomic mass is 19.2. The van der Waals surface area contributed by atoms with Crippen LogP contribution in [0.2, 0.25) is 0 Å². The third-order valence-corrected chi connectivity index (χ3v) is 6.06. The van der Waals surface area contributed by atoms with E-state index in [0.29, 0.717) is 46.7 Å². The number of allylic oxidation sites excluding steroid dienone is 1. The number of hydrogen-bond donors (Lipinski definition) is 2. The smallest absolute Gasteiger partial charge is 0.264 e. The number of pyridine rings is 1. The summed E-state index contributed by atoms with van der Waals surface area (Å²) in [6.45, 7) is 5.90. The Balaban J connectivity index is 2.03. The molecule has 0 spiro atoms. The highest BCUT2D eigenvalue weighted by molar-refractivity contribution is 6.00. The van der Waals surface area contributed by atoms with Crippen molar-refractivity contribution in [2.75, 3.05) is 21.3 Å². The minimum atomic E-state index is -0.941. The van der Waals surface area contributed by atoms with Crippen LogP contribution in [0.25, 0.3) is 11.1 Å². The van der Waals surface area contributed by atoms with Gasteiger partial charge in [0.2, 0.25) is 5.90 Å². The van der Waals surface area contributed by atoms with Gasteiger partial charge in [-0.15, -0.1) is 0 Å². The molecular weight excluding hydrogens is 494 g/mol. The van der Waals surface area contributed by atoms with Gasteiger partial charge in [-0.3, -0.25) is 9.79 Å². The van der Waals surface area contributed by atoms with Crippen LogP contribution in [0.1, 0.15) is 43.0 Å². The Morgan fingerprint density at radius 1 is 1.05 bits per heavy atom. The number of aromatic hydroxyl groups is 1. The van der Waals surface area contributed by atoms with Crippen LogP contribution in [0, 0.1) is 11.6 Å². The van der Waals surface area contributed by atoms with Gasteiger partial charge in [0.15, 0.2) is 11.6 Å². The predicted molar refractivity (Wildman–Crippen MR) is 143 cm³/mol. The van der Waals surface area contributed by atoms with E-state index in [2.05, 4.69) is 16.6 Å². The van der Waals surface area contributed by atoms with Gasteiger partial charge < -0.3 is 24.3 Å². The fourth-order valence-electron chi connectivity index (χ4n) is 4.12. The van der Waals surface area contributed by atoms with Crippen LogP contribution in [-0.4, -0.2) is 37.3 Å². The monoisotopic (exact) mass is 526 g/mol. The van der Waals surface area contributed by atoms with Gasteiger partial charge in [-0.25, -0.2) is 8.78 Å². The lowest BCUT2D eigenvalue weighted by Crippen LogP contribution is -2.23. The second kappa shape index (κ2) is 12.9. The van der Waals surface area contributed by atoms with E-state index in [1.807, 2.05) is 6.92 Å². The lowest BCUT2D eigenvalue weighted by molar-refractivity contribution is 0.389. The molecule has 2 N–H and O–H groups in total. The van der Waals surface area contributed by atoms with E-state index >= 15 is 0 Å². The molecule has 0 saturated heterocycles. The van der Waals surface area contributed by atoms with Crippen molar-refractivity contribution in [3.63, 3.8) is 0 Å². The van der Waals surface area contributed by atoms with Gasteiger partial charge >= 0.3 is 0 Å². The zero-order chi connectivity index (χ0) is 27.8. The number of aliphatic imine (C=N–C) groups is 1. The quantitative estimate of drug-likeness (QED) is 0.184. The molecule has 9 heteroatoms. The summed E-state index contributed by atoms with van der Waals surface area (Å²) in [4.78, 5) is 20.2. The molecule has 0 amide bonds. The first-order chi connectivity index (χ1) is 18.2. The molecule has 0 fully saturated rings. The maximum Gasteiger partial charge on any atom is 0.264 e. The number of methoxy groups -OCH3 is 2. The molecule has 2 aromatic carbocycles. The second-order valence-electron chi connectivity index (χ2n) is 8.59. The number of benzene rings is 2. The van der Waals surface area contributed by atoms with Crippen LogP contribution in [-0.2, 0) is 17.6 Å². The Labute approximate surface area is 220 Å². The number of aromatic nitrogens is 1. The first-order valence-corrected chi connectivity index (χ1v) is 12.2. The third-order valence-electron chi connectivity index (χ3n) is 6.06. The largest absolute Gasteiger partial charge is 0.506 e. The van der Waals surface area contributed by atoms with Crippen molar-refractivity contribution in [1.29, 1.82) is 0 Å². The van der Waals surface area contributed by atoms with Crippen molar-refractivity contribution in [3.05, 3.63) is 87.5 Å². The van der Waals surface area contributed by atoms with E-state index in [-0.39, 0.29) is 29.4 Å². The average Bonchev–Trinajstić information content (AvgIpc) is 2.91. The first kappa shape index (κ1) is 28.4. The summed E-state index contributed by atoms with van der Waals surface area (Å²) in [5.74, 6) is -1.23. The van der Waals surface area contributed by atoms with Gasteiger partial charge in [-0.05, 0) is 49.1 Å². The topological polar surface area (TPSA) is 93.1 Å². The summed E-state index contributed by atoms with van der Waals surface area (Å²) >= 11 is 0. The molecule has 0 radical (unpaired) electrons. The molecule has 0 unspecified atom stereocenters. The van der Waals surface area contributed by atoms with Crippen molar-refractivity contribution >= 4 is 5.90 Å². The molecule has 0 aliphatic heterocycles. The molecule has 1 aromatic heterocycles. The van der Waals surface area contributed by atoms with E-state index in [1.54, 1.807) is 18.2 Å². The minimum Gasteiger partial charge on any atom is -0.506 e. The molecule has 0 saturated carbocycles. The Morgan fingerprint density at radius 2 is 1.74 bits per heavy atom. The van der Waals surface area contributed by atoms with Crippen LogP contribution < -0.4 is 15.0 Å². The summed E-state index contributed by atoms with van der Waals surface area (Å²) < 4.78 is 43.7. The van der Waals surface area contributed by atoms with E-state index in [4.69, 9.17) is 14.2 Å². The number of ether oxygens (including phenoxy) is 3. The van der Waals surface area contributed by atoms with Gasteiger partial charge in [0.25, 0.3) is 5.56 Å². The molecule has 0 atom stereocenters. The van der Waals surface area contributed by atoms with Gasteiger partial charge in [0.1, 0.15) is 22.8 Å². The van der Waals surface area contributed by atoms with E-state index < -0.39 is 17.2 Å². The van der Waals surface area contributed by atoms with Gasteiger partial charge in [-0.2, -0.15) is 0 Å². The maximum absolute atomic E-state index is 13.5. The summed E-state index contributed by atoms with van der Waals surface area (Å²) in [6, 6.07) is 8.86. The van der Waals surface area contributed by atoms with E-state index in [9.17, 15) is 18.7 Å². The Bertz CT molecular complexity index is 1380. The fourth-order valence-corrected chi connectivity index (χ4v) is 4.12. The molecule has 38 heavy (non-hydrogen) atoms. The fraction of sp³-hybridized carbons (Fsp3) is 0.310. The third kappa shape index (κ3) is 6.22. The van der Waals surface area contributed by atoms with Crippen LogP contribution >= 0.6 is 0 Å². The Kier molecular flexibility index (Phi) is 9.65. The van der Waals surface area contributed by atoms with Crippen molar-refractivity contribution in [2.45, 2.75) is 39.0 Å². The number of rotatable bonds is 11. The lowest BCUT2D eigenvalue weighted by Gasteiger charge is -2.20. The number of halogens is 2. The Hall–Kier alpha value is -4.14. The number of aromatic amines is 1. The minimum absolute atomic E-state index is 0.142. The van der Waals surface area contributed by atoms with Gasteiger partial charge in [0, 0.05) is 19.2 Å². The molecule has 3 aromatic rings. The molecule has 0 aliphatic rings. The van der Waals surface area contributed by atoms with Gasteiger partial charge in [-0.1, -0.05) is 32.1 Å². The van der Waals surface area contributed by atoms with Crippen molar-refractivity contribution in [2.24, 2.45) is 4.99 Å². The van der Waals surface area contributed by atoms with Crippen LogP contribution in [0.3, 0.4) is 0 Å². The standard InChI is InChI=1S/C29H32F2N2O5/c1-6-7-9-21-24(25-22(36-4)10-8-11-23(25)37-5)27(34)26(28(35)33-21)29(32-3)38-17(2)12-13-18-14-15-19(30)20(31)16-18/h8,10-11,14-16H,2,6-7,9,12-13H2,1,3-5H3,(H2,33,34,35). The molecule has 7 nitrogen and oxygen atoms in total. The number of aryl methyl sites for hydroxylation is 2. The number of nitrogens with one attached hydrogen (secondary N) is 1. The summed E-state index contributed by atoms with van der Waals surface area (Å²) in [5.41, 5.74) is 1.14. The zero-order valence-corrected chi connectivity index (χ0v) is 22.0. The molecular formula is C29H32F2N2O5. The lowest BCUT2D eigenvalue weighted by atomic mass is 9.95. The van der Waals surface area contributed by atoms with Crippen molar-refractivity contribution in [1.82, 2.24) is 4.98 Å². The first-order valence-electron chi connectivity index (χ1n) is 12.2. The van der Waals surface area contributed by atoms with Gasteiger partial charge in [0.05, 0.1) is 31.1 Å². The van der Waals surface area contributed by atoms with Crippen molar-refractivity contribution in [3.8, 4) is 28.4 Å². The van der Waals surface area contributed by atoms with Crippen molar-refractivity contribution < 1.29 is 28.1 Å².